The van der Waals surface area contributed by atoms with E-state index in [0.29, 0.717) is 13.1 Å². The zero-order valence-corrected chi connectivity index (χ0v) is 13.3. The minimum atomic E-state index is 0. The van der Waals surface area contributed by atoms with Crippen LogP contribution in [0.25, 0.3) is 0 Å². The van der Waals surface area contributed by atoms with Crippen LogP contribution in [0.3, 0.4) is 0 Å². The maximum atomic E-state index is 5.37. The Labute approximate surface area is 136 Å². The molecule has 4 nitrogen and oxygen atoms in total. The first-order valence-corrected chi connectivity index (χ1v) is 4.65. The summed E-state index contributed by atoms with van der Waals surface area (Å²) in [6.07, 6.45) is 0. The van der Waals surface area contributed by atoms with E-state index in [9.17, 15) is 0 Å². The van der Waals surface area contributed by atoms with Gasteiger partial charge in [0.2, 0.25) is 0 Å². The molecule has 0 radical (unpaired) electrons. The molecule has 0 saturated heterocycles. The maximum absolute atomic E-state index is 5.37. The third-order valence-electron chi connectivity index (χ3n) is 1.26. The number of hydrogen-bond donors (Lipinski definition) is 3. The quantitative estimate of drug-likeness (QED) is 0.289. The Morgan fingerprint density at radius 1 is 0.875 bits per heavy atom. The number of halogens is 5. The summed E-state index contributed by atoms with van der Waals surface area (Å²) in [6, 6.07) is 0. The maximum Gasteiger partial charge on any atom is 3.00 e. The van der Waals surface area contributed by atoms with E-state index < -0.39 is 0 Å². The van der Waals surface area contributed by atoms with Gasteiger partial charge in [0.1, 0.15) is 0 Å². The van der Waals surface area contributed by atoms with Crippen LogP contribution in [0.5, 0.6) is 0 Å². The average Bonchev–Trinajstić information content (AvgIpc) is 2.02. The van der Waals surface area contributed by atoms with Gasteiger partial charge in [-0.15, -0.1) is 3.94 Å². The number of nitrogens with two attached hydrogens (primary N) is 1. The summed E-state index contributed by atoms with van der Waals surface area (Å²) < 4.78 is 1.11. The fourth-order valence-corrected chi connectivity index (χ4v) is 0.861. The largest absolute Gasteiger partial charge is 3.00 e. The van der Waals surface area contributed by atoms with E-state index in [4.69, 9.17) is 29.3 Å². The molecule has 0 aromatic carbocycles. The van der Waals surface area contributed by atoms with Gasteiger partial charge in [-0.05, 0) is 23.6 Å². The van der Waals surface area contributed by atoms with Crippen LogP contribution in [-0.2, 0) is 16.8 Å². The van der Waals surface area contributed by atoms with Gasteiger partial charge in [-0.3, -0.25) is 0 Å². The van der Waals surface area contributed by atoms with Gasteiger partial charge < -0.3 is 53.6 Å². The second-order valence-electron chi connectivity index (χ2n) is 2.32. The van der Waals surface area contributed by atoms with Crippen LogP contribution in [0.1, 0.15) is 0 Å². The van der Waals surface area contributed by atoms with Crippen LogP contribution in [0.15, 0.2) is 0 Å². The molecule has 0 aliphatic heterocycles. The first-order valence-electron chi connectivity index (χ1n) is 3.98. The van der Waals surface area contributed by atoms with E-state index in [1.54, 1.807) is 0 Å². The van der Waals surface area contributed by atoms with E-state index in [0.717, 1.165) is 30.1 Å². The van der Waals surface area contributed by atoms with Crippen LogP contribution in [0, 0.1) is 0 Å². The van der Waals surface area contributed by atoms with Gasteiger partial charge in [-0.2, -0.15) is 0 Å². The molecule has 4 N–H and O–H groups in total. The Bertz CT molecular complexity index is 103. The molecular formula is C6H16Cl5CoN4. The monoisotopic (exact) mass is 378 g/mol. The van der Waals surface area contributed by atoms with Crippen molar-refractivity contribution in [3.63, 3.8) is 0 Å². The topological polar surface area (TPSA) is 53.3 Å². The Hall–Kier alpha value is 1.80. The second kappa shape index (κ2) is 25.6. The zero-order chi connectivity index (χ0) is 9.23. The van der Waals surface area contributed by atoms with Gasteiger partial charge >= 0.3 is 16.8 Å². The van der Waals surface area contributed by atoms with Gasteiger partial charge in [0.05, 0.1) is 0 Å². The van der Waals surface area contributed by atoms with Crippen molar-refractivity contribution in [1.82, 2.24) is 14.6 Å². The minimum absolute atomic E-state index is 0. The summed E-state index contributed by atoms with van der Waals surface area (Å²) in [5, 5.41) is 6.32. The van der Waals surface area contributed by atoms with E-state index >= 15 is 0 Å². The first-order chi connectivity index (χ1) is 5.77. The minimum Gasteiger partial charge on any atom is -1.00 e. The molecule has 0 aromatic rings. The summed E-state index contributed by atoms with van der Waals surface area (Å²) in [4.78, 5) is 0. The SMILES string of the molecule is NCCNCCNCCN(Cl)Cl.[Cl-].[Cl-].[Cl-].[Co+3]. The Balaban J connectivity index is -0.000000101. The van der Waals surface area contributed by atoms with Crippen molar-refractivity contribution in [3.05, 3.63) is 0 Å². The van der Waals surface area contributed by atoms with Crippen molar-refractivity contribution in [2.75, 3.05) is 39.3 Å². The standard InChI is InChI=1S/C6H16Cl2N4.3ClH.Co/c7-12(8)6-5-11-4-3-10-2-1-9;;;;/h10-11H,1-6,9H2;3*1H;/q;;;;+3/p-3. The summed E-state index contributed by atoms with van der Waals surface area (Å²) in [7, 11) is 0. The van der Waals surface area contributed by atoms with Gasteiger partial charge in [-0.1, -0.05) is 0 Å². The van der Waals surface area contributed by atoms with Crippen molar-refractivity contribution in [1.29, 1.82) is 0 Å². The third kappa shape index (κ3) is 29.7. The molecule has 0 atom stereocenters. The second-order valence-corrected chi connectivity index (χ2v) is 3.30. The molecule has 10 heteroatoms. The molecule has 0 bridgehead atoms. The van der Waals surface area contributed by atoms with Crippen molar-refractivity contribution in [3.8, 4) is 0 Å². The van der Waals surface area contributed by atoms with Crippen LogP contribution in [-0.4, -0.2) is 43.2 Å². The first kappa shape index (κ1) is 30.7. The van der Waals surface area contributed by atoms with Crippen LogP contribution in [0.4, 0.5) is 0 Å². The van der Waals surface area contributed by atoms with Crippen LogP contribution >= 0.6 is 23.6 Å². The molecule has 0 aromatic heterocycles. The van der Waals surface area contributed by atoms with Gasteiger partial charge in [0.15, 0.2) is 0 Å². The molecule has 0 unspecified atom stereocenters. The number of hydrogen-bond acceptors (Lipinski definition) is 4. The molecule has 104 valence electrons. The summed E-state index contributed by atoms with van der Waals surface area (Å²) in [5.74, 6) is 0. The Kier molecular flexibility index (Phi) is 49.0. The van der Waals surface area contributed by atoms with E-state index in [1.807, 2.05) is 0 Å². The Morgan fingerprint density at radius 3 is 1.69 bits per heavy atom. The molecule has 0 aliphatic carbocycles. The summed E-state index contributed by atoms with van der Waals surface area (Å²) >= 11 is 10.7. The van der Waals surface area contributed by atoms with E-state index in [1.165, 1.54) is 0 Å². The molecule has 0 saturated carbocycles. The van der Waals surface area contributed by atoms with Crippen molar-refractivity contribution >= 4 is 23.6 Å². The van der Waals surface area contributed by atoms with Gasteiger partial charge in [-0.25, -0.2) is 0 Å². The van der Waals surface area contributed by atoms with Crippen LogP contribution < -0.4 is 53.6 Å². The van der Waals surface area contributed by atoms with E-state index in [2.05, 4.69) is 10.6 Å². The summed E-state index contributed by atoms with van der Waals surface area (Å²) in [6.45, 7) is 4.77. The molecule has 0 heterocycles. The number of nitrogens with zero attached hydrogens (tertiary/aromatic N) is 1. The van der Waals surface area contributed by atoms with Crippen molar-refractivity contribution < 1.29 is 54.0 Å². The molecule has 0 amide bonds. The molecule has 0 spiro atoms. The van der Waals surface area contributed by atoms with Crippen molar-refractivity contribution in [2.45, 2.75) is 0 Å². The zero-order valence-electron chi connectivity index (χ0n) is 8.49. The molecular weight excluding hydrogens is 364 g/mol. The normalized spacial score (nSPS) is 8.25. The van der Waals surface area contributed by atoms with Gasteiger partial charge in [0.25, 0.3) is 0 Å². The molecule has 0 fully saturated rings. The smallest absolute Gasteiger partial charge is 1.00 e. The molecule has 16 heavy (non-hydrogen) atoms. The van der Waals surface area contributed by atoms with E-state index in [-0.39, 0.29) is 54.0 Å². The fraction of sp³-hybridized carbons (Fsp3) is 1.00. The molecule has 0 rings (SSSR count). The summed E-state index contributed by atoms with van der Waals surface area (Å²) in [5.41, 5.74) is 5.28. The predicted octanol–water partition coefficient (Wildman–Crippen LogP) is -9.26. The average molecular weight is 380 g/mol. The number of rotatable bonds is 8. The van der Waals surface area contributed by atoms with Gasteiger partial charge in [0, 0.05) is 39.3 Å². The van der Waals surface area contributed by atoms with Crippen molar-refractivity contribution in [2.24, 2.45) is 5.73 Å². The fourth-order valence-electron chi connectivity index (χ4n) is 0.692. The predicted molar refractivity (Wildman–Crippen MR) is 53.2 cm³/mol. The Morgan fingerprint density at radius 2 is 1.31 bits per heavy atom. The van der Waals surface area contributed by atoms with Crippen LogP contribution in [0.2, 0.25) is 0 Å². The third-order valence-corrected chi connectivity index (χ3v) is 1.60. The molecule has 0 aliphatic rings. The number of nitrogens with one attached hydrogen (secondary N) is 2.